The standard InChI is InChI=1S/C23H32N2O4S/c1-6-22(25(30(5,27)28)20-13-12-17(2)18(3)15-20)23(26)24-14-8-10-19-9-7-11-21(16-19)29-4/h7,9,11-13,15-16,22H,6,8,10,14H2,1-5H3,(H,24,26)/t22-/m0/s1. The molecule has 30 heavy (non-hydrogen) atoms. The maximum Gasteiger partial charge on any atom is 0.243 e. The van der Waals surface area contributed by atoms with Gasteiger partial charge in [0.15, 0.2) is 0 Å². The van der Waals surface area contributed by atoms with Gasteiger partial charge < -0.3 is 10.1 Å². The van der Waals surface area contributed by atoms with Crippen molar-refractivity contribution < 1.29 is 17.9 Å². The Morgan fingerprint density at radius 2 is 1.87 bits per heavy atom. The van der Waals surface area contributed by atoms with Crippen LogP contribution in [0, 0.1) is 13.8 Å². The second-order valence-corrected chi connectivity index (χ2v) is 9.36. The molecule has 0 aromatic heterocycles. The number of aryl methyl sites for hydroxylation is 3. The normalized spacial score (nSPS) is 12.3. The molecular formula is C23H32N2O4S. The number of hydrogen-bond acceptors (Lipinski definition) is 4. The molecule has 0 bridgehead atoms. The lowest BCUT2D eigenvalue weighted by molar-refractivity contribution is -0.122. The molecule has 1 N–H and O–H groups in total. The molecule has 0 radical (unpaired) electrons. The van der Waals surface area contributed by atoms with Crippen LogP contribution in [0.15, 0.2) is 42.5 Å². The Morgan fingerprint density at radius 1 is 1.13 bits per heavy atom. The van der Waals surface area contributed by atoms with Crippen molar-refractivity contribution in [3.8, 4) is 5.75 Å². The van der Waals surface area contributed by atoms with Crippen molar-refractivity contribution in [3.63, 3.8) is 0 Å². The molecule has 0 saturated carbocycles. The predicted octanol–water partition coefficient (Wildman–Crippen LogP) is 3.61. The first-order valence-electron chi connectivity index (χ1n) is 10.1. The fourth-order valence-electron chi connectivity index (χ4n) is 3.37. The van der Waals surface area contributed by atoms with E-state index in [0.29, 0.717) is 18.7 Å². The molecule has 7 heteroatoms. The highest BCUT2D eigenvalue weighted by atomic mass is 32.2. The summed E-state index contributed by atoms with van der Waals surface area (Å²) in [7, 11) is -1.99. The van der Waals surface area contributed by atoms with Gasteiger partial charge >= 0.3 is 0 Å². The number of carbonyl (C=O) groups excluding carboxylic acids is 1. The third-order valence-electron chi connectivity index (χ3n) is 5.15. The first-order valence-corrected chi connectivity index (χ1v) is 12.0. The number of methoxy groups -OCH3 is 1. The molecule has 2 aromatic rings. The molecule has 0 spiro atoms. The number of nitrogens with one attached hydrogen (secondary N) is 1. The molecule has 0 unspecified atom stereocenters. The number of anilines is 1. The average molecular weight is 433 g/mol. The number of ether oxygens (including phenoxy) is 1. The molecule has 0 aliphatic rings. The summed E-state index contributed by atoms with van der Waals surface area (Å²) >= 11 is 0. The third-order valence-corrected chi connectivity index (χ3v) is 6.33. The molecule has 0 aliphatic carbocycles. The lowest BCUT2D eigenvalue weighted by Crippen LogP contribution is -2.49. The van der Waals surface area contributed by atoms with Crippen LogP contribution in [-0.2, 0) is 21.2 Å². The SMILES string of the molecule is CC[C@@H](C(=O)NCCCc1cccc(OC)c1)N(c1ccc(C)c(C)c1)S(C)(=O)=O. The van der Waals surface area contributed by atoms with E-state index in [1.54, 1.807) is 13.2 Å². The van der Waals surface area contributed by atoms with E-state index in [1.807, 2.05) is 57.2 Å². The highest BCUT2D eigenvalue weighted by molar-refractivity contribution is 7.92. The molecule has 2 aromatic carbocycles. The number of carbonyl (C=O) groups is 1. The van der Waals surface area contributed by atoms with Crippen LogP contribution in [0.2, 0.25) is 0 Å². The molecule has 1 amide bonds. The molecule has 0 heterocycles. The van der Waals surface area contributed by atoms with E-state index in [9.17, 15) is 13.2 Å². The van der Waals surface area contributed by atoms with Crippen molar-refractivity contribution in [1.29, 1.82) is 0 Å². The van der Waals surface area contributed by atoms with E-state index >= 15 is 0 Å². The summed E-state index contributed by atoms with van der Waals surface area (Å²) in [6.07, 6.45) is 3.06. The van der Waals surface area contributed by atoms with Gasteiger partial charge in [0.05, 0.1) is 19.1 Å². The largest absolute Gasteiger partial charge is 0.497 e. The van der Waals surface area contributed by atoms with Crippen molar-refractivity contribution in [2.45, 2.75) is 46.1 Å². The second-order valence-electron chi connectivity index (χ2n) is 7.50. The van der Waals surface area contributed by atoms with Gasteiger partial charge in [-0.15, -0.1) is 0 Å². The Labute approximate surface area is 180 Å². The van der Waals surface area contributed by atoms with Gasteiger partial charge in [-0.2, -0.15) is 0 Å². The molecule has 2 rings (SSSR count). The third kappa shape index (κ3) is 6.23. The summed E-state index contributed by atoms with van der Waals surface area (Å²) in [5.74, 6) is 0.520. The summed E-state index contributed by atoms with van der Waals surface area (Å²) in [5, 5.41) is 2.90. The van der Waals surface area contributed by atoms with E-state index in [4.69, 9.17) is 4.74 Å². The predicted molar refractivity (Wildman–Crippen MR) is 122 cm³/mol. The van der Waals surface area contributed by atoms with Crippen molar-refractivity contribution in [1.82, 2.24) is 5.32 Å². The Hall–Kier alpha value is -2.54. The second kappa shape index (κ2) is 10.5. The first-order chi connectivity index (χ1) is 14.2. The van der Waals surface area contributed by atoms with Gasteiger partial charge in [0, 0.05) is 6.54 Å². The van der Waals surface area contributed by atoms with Gasteiger partial charge in [0.2, 0.25) is 15.9 Å². The van der Waals surface area contributed by atoms with Crippen molar-refractivity contribution in [3.05, 3.63) is 59.2 Å². The molecule has 164 valence electrons. The Bertz CT molecular complexity index is 973. The summed E-state index contributed by atoms with van der Waals surface area (Å²) in [5.41, 5.74) is 3.69. The number of nitrogens with zero attached hydrogens (tertiary/aromatic N) is 1. The smallest absolute Gasteiger partial charge is 0.243 e. The van der Waals surface area contributed by atoms with E-state index in [0.717, 1.165) is 41.5 Å². The lowest BCUT2D eigenvalue weighted by atomic mass is 10.1. The summed E-state index contributed by atoms with van der Waals surface area (Å²) in [6, 6.07) is 12.5. The van der Waals surface area contributed by atoms with Crippen LogP contribution in [0.3, 0.4) is 0 Å². The van der Waals surface area contributed by atoms with Crippen LogP contribution in [0.1, 0.15) is 36.5 Å². The fraction of sp³-hybridized carbons (Fsp3) is 0.435. The van der Waals surface area contributed by atoms with Crippen LogP contribution in [0.5, 0.6) is 5.75 Å². The zero-order chi connectivity index (χ0) is 22.3. The van der Waals surface area contributed by atoms with E-state index in [1.165, 1.54) is 4.31 Å². The first kappa shape index (κ1) is 23.7. The fourth-order valence-corrected chi connectivity index (χ4v) is 4.58. The zero-order valence-electron chi connectivity index (χ0n) is 18.4. The van der Waals surface area contributed by atoms with Crippen LogP contribution in [-0.4, -0.2) is 40.3 Å². The topological polar surface area (TPSA) is 75.7 Å². The summed E-state index contributed by atoms with van der Waals surface area (Å²) < 4.78 is 31.5. The van der Waals surface area contributed by atoms with Gasteiger partial charge in [-0.3, -0.25) is 9.10 Å². The van der Waals surface area contributed by atoms with Gasteiger partial charge in [-0.1, -0.05) is 25.1 Å². The quantitative estimate of drug-likeness (QED) is 0.582. The molecule has 1 atom stereocenters. The van der Waals surface area contributed by atoms with Gasteiger partial charge in [0.25, 0.3) is 0 Å². The minimum absolute atomic E-state index is 0.285. The number of hydrogen-bond donors (Lipinski definition) is 1. The van der Waals surface area contributed by atoms with Crippen molar-refractivity contribution >= 4 is 21.6 Å². The molecule has 0 fully saturated rings. The van der Waals surface area contributed by atoms with E-state index < -0.39 is 16.1 Å². The van der Waals surface area contributed by atoms with Gasteiger partial charge in [-0.05, 0) is 74.1 Å². The number of amides is 1. The summed E-state index contributed by atoms with van der Waals surface area (Å²) in [6.45, 7) is 6.19. The lowest BCUT2D eigenvalue weighted by Gasteiger charge is -2.30. The van der Waals surface area contributed by atoms with Gasteiger partial charge in [-0.25, -0.2) is 8.42 Å². The van der Waals surface area contributed by atoms with Gasteiger partial charge in [0.1, 0.15) is 11.8 Å². The highest BCUT2D eigenvalue weighted by Gasteiger charge is 2.31. The van der Waals surface area contributed by atoms with Crippen LogP contribution in [0.4, 0.5) is 5.69 Å². The summed E-state index contributed by atoms with van der Waals surface area (Å²) in [4.78, 5) is 12.9. The molecule has 6 nitrogen and oxygen atoms in total. The minimum atomic E-state index is -3.63. The van der Waals surface area contributed by atoms with Crippen LogP contribution >= 0.6 is 0 Å². The Kier molecular flexibility index (Phi) is 8.29. The maximum atomic E-state index is 12.9. The maximum absolute atomic E-state index is 12.9. The average Bonchev–Trinajstić information content (AvgIpc) is 2.70. The Morgan fingerprint density at radius 3 is 2.47 bits per heavy atom. The zero-order valence-corrected chi connectivity index (χ0v) is 19.3. The highest BCUT2D eigenvalue weighted by Crippen LogP contribution is 2.25. The molecular weight excluding hydrogens is 400 g/mol. The van der Waals surface area contributed by atoms with E-state index in [-0.39, 0.29) is 5.91 Å². The van der Waals surface area contributed by atoms with Crippen LogP contribution in [0.25, 0.3) is 0 Å². The number of rotatable bonds is 10. The number of benzene rings is 2. The van der Waals surface area contributed by atoms with Crippen molar-refractivity contribution in [2.75, 3.05) is 24.2 Å². The Balaban J connectivity index is 2.07. The van der Waals surface area contributed by atoms with Crippen molar-refractivity contribution in [2.24, 2.45) is 0 Å². The van der Waals surface area contributed by atoms with E-state index in [2.05, 4.69) is 5.32 Å². The number of sulfonamides is 1. The molecule has 0 saturated heterocycles. The van der Waals surface area contributed by atoms with Crippen LogP contribution < -0.4 is 14.4 Å². The minimum Gasteiger partial charge on any atom is -0.497 e. The monoisotopic (exact) mass is 432 g/mol. The molecule has 0 aliphatic heterocycles.